The lowest BCUT2D eigenvalue weighted by molar-refractivity contribution is 0.345. The van der Waals surface area contributed by atoms with E-state index in [1.807, 2.05) is 0 Å². The van der Waals surface area contributed by atoms with Gasteiger partial charge in [0.1, 0.15) is 0 Å². The van der Waals surface area contributed by atoms with Crippen molar-refractivity contribution in [2.24, 2.45) is 5.92 Å². The molecule has 1 aliphatic carbocycles. The van der Waals surface area contributed by atoms with Crippen molar-refractivity contribution in [3.8, 4) is 0 Å². The maximum absolute atomic E-state index is 3.55. The average Bonchev–Trinajstić information content (AvgIpc) is 2.78. The highest BCUT2D eigenvalue weighted by Crippen LogP contribution is 2.29. The first-order valence-corrected chi connectivity index (χ1v) is 7.14. The van der Waals surface area contributed by atoms with Crippen LogP contribution in [0.5, 0.6) is 0 Å². The van der Waals surface area contributed by atoms with Crippen molar-refractivity contribution in [3.05, 3.63) is 24.0 Å². The normalized spacial score (nSPS) is 17.8. The summed E-state index contributed by atoms with van der Waals surface area (Å²) in [4.78, 5) is 0. The Hall–Kier alpha value is -0.760. The van der Waals surface area contributed by atoms with Crippen LogP contribution in [0.4, 0.5) is 0 Å². The molecule has 0 radical (unpaired) electrons. The monoisotopic (exact) mass is 234 g/mol. The SMILES string of the molecule is CC(C)CNCc1cccn1C1CCCCC1. The summed E-state index contributed by atoms with van der Waals surface area (Å²) in [6, 6.07) is 5.22. The van der Waals surface area contributed by atoms with Gasteiger partial charge in [-0.1, -0.05) is 33.1 Å². The lowest BCUT2D eigenvalue weighted by Crippen LogP contribution is -2.22. The summed E-state index contributed by atoms with van der Waals surface area (Å²) in [5.74, 6) is 0.730. The molecule has 2 heteroatoms. The number of rotatable bonds is 5. The molecular weight excluding hydrogens is 208 g/mol. The number of nitrogens with one attached hydrogen (secondary N) is 1. The average molecular weight is 234 g/mol. The molecule has 1 N–H and O–H groups in total. The minimum atomic E-state index is 0.730. The van der Waals surface area contributed by atoms with E-state index in [1.165, 1.54) is 37.8 Å². The molecule has 1 fully saturated rings. The summed E-state index contributed by atoms with van der Waals surface area (Å²) < 4.78 is 2.51. The first-order chi connectivity index (χ1) is 8.27. The van der Waals surface area contributed by atoms with Crippen molar-refractivity contribution in [2.75, 3.05) is 6.54 Å². The Balaban J connectivity index is 1.91. The van der Waals surface area contributed by atoms with Crippen molar-refractivity contribution in [1.82, 2.24) is 9.88 Å². The fourth-order valence-electron chi connectivity index (χ4n) is 2.78. The van der Waals surface area contributed by atoms with Crippen molar-refractivity contribution in [1.29, 1.82) is 0 Å². The van der Waals surface area contributed by atoms with Crippen LogP contribution in [-0.2, 0) is 6.54 Å². The summed E-state index contributed by atoms with van der Waals surface area (Å²) in [6.07, 6.45) is 9.24. The Kier molecular flexibility index (Phi) is 4.66. The highest BCUT2D eigenvalue weighted by Gasteiger charge is 2.16. The van der Waals surface area contributed by atoms with E-state index in [2.05, 4.69) is 42.1 Å². The first-order valence-electron chi connectivity index (χ1n) is 7.14. The van der Waals surface area contributed by atoms with Gasteiger partial charge < -0.3 is 9.88 Å². The predicted octanol–water partition coefficient (Wildman–Crippen LogP) is 3.74. The van der Waals surface area contributed by atoms with Crippen LogP contribution >= 0.6 is 0 Å². The Morgan fingerprint density at radius 3 is 2.76 bits per heavy atom. The molecule has 1 aliphatic rings. The molecule has 0 aliphatic heterocycles. The quantitative estimate of drug-likeness (QED) is 0.821. The smallest absolute Gasteiger partial charge is 0.0359 e. The molecule has 0 atom stereocenters. The second kappa shape index (κ2) is 6.25. The number of aromatic nitrogens is 1. The molecular formula is C15H26N2. The molecule has 0 amide bonds. The minimum absolute atomic E-state index is 0.730. The summed E-state index contributed by atoms with van der Waals surface area (Å²) >= 11 is 0. The third-order valence-electron chi connectivity index (χ3n) is 3.69. The number of nitrogens with zero attached hydrogens (tertiary/aromatic N) is 1. The fourth-order valence-corrected chi connectivity index (χ4v) is 2.78. The topological polar surface area (TPSA) is 17.0 Å². The highest BCUT2D eigenvalue weighted by molar-refractivity contribution is 5.08. The largest absolute Gasteiger partial charge is 0.347 e. The molecule has 0 saturated heterocycles. The predicted molar refractivity (Wildman–Crippen MR) is 73.1 cm³/mol. The molecule has 0 unspecified atom stereocenters. The Morgan fingerprint density at radius 1 is 1.29 bits per heavy atom. The van der Waals surface area contributed by atoms with Gasteiger partial charge in [0.15, 0.2) is 0 Å². The van der Waals surface area contributed by atoms with Gasteiger partial charge >= 0.3 is 0 Å². The molecule has 0 spiro atoms. The summed E-state index contributed by atoms with van der Waals surface area (Å²) in [5, 5.41) is 3.55. The fraction of sp³-hybridized carbons (Fsp3) is 0.733. The van der Waals surface area contributed by atoms with Crippen molar-refractivity contribution >= 4 is 0 Å². The van der Waals surface area contributed by atoms with E-state index in [1.54, 1.807) is 0 Å². The van der Waals surface area contributed by atoms with Gasteiger partial charge in [-0.25, -0.2) is 0 Å². The van der Waals surface area contributed by atoms with Crippen LogP contribution in [-0.4, -0.2) is 11.1 Å². The van der Waals surface area contributed by atoms with E-state index in [0.29, 0.717) is 0 Å². The lowest BCUT2D eigenvalue weighted by Gasteiger charge is -2.25. The Bertz CT molecular complexity index is 321. The molecule has 1 heterocycles. The zero-order valence-electron chi connectivity index (χ0n) is 11.3. The molecule has 1 aromatic heterocycles. The van der Waals surface area contributed by atoms with E-state index < -0.39 is 0 Å². The van der Waals surface area contributed by atoms with Gasteiger partial charge in [-0.15, -0.1) is 0 Å². The first kappa shape index (κ1) is 12.7. The van der Waals surface area contributed by atoms with Gasteiger partial charge in [-0.3, -0.25) is 0 Å². The molecule has 96 valence electrons. The van der Waals surface area contributed by atoms with E-state index in [9.17, 15) is 0 Å². The summed E-state index contributed by atoms with van der Waals surface area (Å²) in [5.41, 5.74) is 1.46. The van der Waals surface area contributed by atoms with Crippen LogP contribution in [0, 0.1) is 5.92 Å². The molecule has 1 aromatic rings. The minimum Gasteiger partial charge on any atom is -0.347 e. The molecule has 17 heavy (non-hydrogen) atoms. The number of hydrogen-bond acceptors (Lipinski definition) is 1. The standard InChI is InChI=1S/C15H26N2/c1-13(2)11-16-12-15-9-6-10-17(15)14-7-4-3-5-8-14/h6,9-10,13-14,16H,3-5,7-8,11-12H2,1-2H3. The Labute approximate surface area is 105 Å². The highest BCUT2D eigenvalue weighted by atomic mass is 15.0. The van der Waals surface area contributed by atoms with Gasteiger partial charge in [0.05, 0.1) is 0 Å². The van der Waals surface area contributed by atoms with Gasteiger partial charge in [0.2, 0.25) is 0 Å². The van der Waals surface area contributed by atoms with E-state index in [-0.39, 0.29) is 0 Å². The van der Waals surface area contributed by atoms with Crippen molar-refractivity contribution < 1.29 is 0 Å². The molecule has 2 rings (SSSR count). The zero-order chi connectivity index (χ0) is 12.1. The third-order valence-corrected chi connectivity index (χ3v) is 3.69. The van der Waals surface area contributed by atoms with Crippen LogP contribution in [0.25, 0.3) is 0 Å². The molecule has 0 aromatic carbocycles. The van der Waals surface area contributed by atoms with Gasteiger partial charge in [0.25, 0.3) is 0 Å². The van der Waals surface area contributed by atoms with Gasteiger partial charge in [-0.2, -0.15) is 0 Å². The summed E-state index contributed by atoms with van der Waals surface area (Å²) in [7, 11) is 0. The zero-order valence-corrected chi connectivity index (χ0v) is 11.3. The van der Waals surface area contributed by atoms with E-state index >= 15 is 0 Å². The number of hydrogen-bond donors (Lipinski definition) is 1. The van der Waals surface area contributed by atoms with Crippen molar-refractivity contribution in [2.45, 2.75) is 58.5 Å². The molecule has 0 bridgehead atoms. The maximum Gasteiger partial charge on any atom is 0.0359 e. The third kappa shape index (κ3) is 3.60. The summed E-state index contributed by atoms with van der Waals surface area (Å²) in [6.45, 7) is 6.64. The van der Waals surface area contributed by atoms with Crippen LogP contribution in [0.3, 0.4) is 0 Å². The second-order valence-corrected chi connectivity index (χ2v) is 5.72. The van der Waals surface area contributed by atoms with Crippen LogP contribution < -0.4 is 5.32 Å². The molecule has 1 saturated carbocycles. The van der Waals surface area contributed by atoms with Gasteiger partial charge in [-0.05, 0) is 37.4 Å². The van der Waals surface area contributed by atoms with E-state index in [0.717, 1.165) is 25.0 Å². The Morgan fingerprint density at radius 2 is 2.06 bits per heavy atom. The molecule has 2 nitrogen and oxygen atoms in total. The van der Waals surface area contributed by atoms with E-state index in [4.69, 9.17) is 0 Å². The van der Waals surface area contributed by atoms with Crippen LogP contribution in [0.1, 0.15) is 57.7 Å². The van der Waals surface area contributed by atoms with Crippen molar-refractivity contribution in [3.63, 3.8) is 0 Å². The maximum atomic E-state index is 3.55. The second-order valence-electron chi connectivity index (χ2n) is 5.72. The lowest BCUT2D eigenvalue weighted by atomic mass is 9.95. The van der Waals surface area contributed by atoms with Crippen LogP contribution in [0.15, 0.2) is 18.3 Å². The van der Waals surface area contributed by atoms with Gasteiger partial charge in [0, 0.05) is 24.5 Å². The van der Waals surface area contributed by atoms with Crippen LogP contribution in [0.2, 0.25) is 0 Å².